The zero-order valence-electron chi connectivity index (χ0n) is 12.1. The minimum atomic E-state index is -0.136. The summed E-state index contributed by atoms with van der Waals surface area (Å²) < 4.78 is 1.74. The zero-order valence-corrected chi connectivity index (χ0v) is 12.1. The van der Waals surface area contributed by atoms with E-state index in [2.05, 4.69) is 10.3 Å². The van der Waals surface area contributed by atoms with Gasteiger partial charge in [-0.3, -0.25) is 9.20 Å². The highest BCUT2D eigenvalue weighted by atomic mass is 16.3. The highest BCUT2D eigenvalue weighted by Crippen LogP contribution is 2.29. The minimum absolute atomic E-state index is 0.105. The highest BCUT2D eigenvalue weighted by Gasteiger charge is 2.14. The van der Waals surface area contributed by atoms with Crippen LogP contribution >= 0.6 is 0 Å². The predicted molar refractivity (Wildman–Crippen MR) is 85.3 cm³/mol. The van der Waals surface area contributed by atoms with Crippen molar-refractivity contribution in [3.8, 4) is 11.3 Å². The van der Waals surface area contributed by atoms with E-state index < -0.39 is 0 Å². The van der Waals surface area contributed by atoms with Gasteiger partial charge in [-0.2, -0.15) is 0 Å². The minimum Gasteiger partial charge on any atom is -0.392 e. The molecule has 0 aliphatic heterocycles. The molecule has 0 fully saturated rings. The number of anilines is 2. The molecule has 6 heteroatoms. The molecule has 0 saturated carbocycles. The van der Waals surface area contributed by atoms with Crippen LogP contribution in [0.25, 0.3) is 16.9 Å². The Labute approximate surface area is 127 Å². The van der Waals surface area contributed by atoms with Gasteiger partial charge >= 0.3 is 0 Å². The smallest absolute Gasteiger partial charge is 0.221 e. The topological polar surface area (TPSA) is 92.6 Å². The van der Waals surface area contributed by atoms with Gasteiger partial charge in [0.05, 0.1) is 6.61 Å². The third kappa shape index (κ3) is 2.40. The Morgan fingerprint density at radius 2 is 2.18 bits per heavy atom. The number of nitrogen functional groups attached to an aromatic ring is 1. The maximum Gasteiger partial charge on any atom is 0.221 e. The quantitative estimate of drug-likeness (QED) is 0.689. The van der Waals surface area contributed by atoms with Crippen molar-refractivity contribution in [3.05, 3.63) is 48.2 Å². The molecular formula is C16H16N4O2. The van der Waals surface area contributed by atoms with Crippen LogP contribution in [-0.2, 0) is 11.4 Å². The molecule has 2 heterocycles. The lowest BCUT2D eigenvalue weighted by molar-refractivity contribution is -0.114. The number of carbonyl (C=O) groups excluding carboxylic acids is 1. The van der Waals surface area contributed by atoms with Crippen LogP contribution in [0.2, 0.25) is 0 Å². The third-order valence-electron chi connectivity index (χ3n) is 3.39. The maximum atomic E-state index is 11.2. The molecule has 112 valence electrons. The summed E-state index contributed by atoms with van der Waals surface area (Å²) in [6, 6.07) is 10.9. The number of nitrogens with one attached hydrogen (secondary N) is 1. The van der Waals surface area contributed by atoms with Crippen molar-refractivity contribution in [2.45, 2.75) is 13.5 Å². The Morgan fingerprint density at radius 3 is 2.91 bits per heavy atom. The molecule has 0 aliphatic rings. The van der Waals surface area contributed by atoms with Crippen LogP contribution < -0.4 is 11.1 Å². The molecule has 0 unspecified atom stereocenters. The molecule has 0 spiro atoms. The molecular weight excluding hydrogens is 280 g/mol. The number of hydrogen-bond donors (Lipinski definition) is 3. The van der Waals surface area contributed by atoms with Crippen LogP contribution in [-0.4, -0.2) is 20.4 Å². The average Bonchev–Trinajstić information content (AvgIpc) is 2.84. The molecule has 0 aliphatic carbocycles. The lowest BCUT2D eigenvalue weighted by atomic mass is 10.1. The van der Waals surface area contributed by atoms with Crippen LogP contribution in [0.3, 0.4) is 0 Å². The fourth-order valence-electron chi connectivity index (χ4n) is 2.43. The fraction of sp³-hybridized carbons (Fsp3) is 0.125. The number of pyridine rings is 1. The molecule has 3 aromatic rings. The second-order valence-electron chi connectivity index (χ2n) is 4.99. The standard InChI is InChI=1S/C16H16N4O2/c1-10(22)18-13-6-2-4-11(8-13)14-15(17)20-7-3-5-12(9-21)16(20)19-14/h2-8,21H,9,17H2,1H3,(H,18,22). The first-order valence-corrected chi connectivity index (χ1v) is 6.84. The van der Waals surface area contributed by atoms with Crippen LogP contribution in [0.15, 0.2) is 42.6 Å². The van der Waals surface area contributed by atoms with Gasteiger partial charge in [-0.1, -0.05) is 18.2 Å². The van der Waals surface area contributed by atoms with Crippen molar-refractivity contribution in [2.24, 2.45) is 0 Å². The summed E-state index contributed by atoms with van der Waals surface area (Å²) in [7, 11) is 0. The number of aromatic nitrogens is 2. The van der Waals surface area contributed by atoms with Crippen LogP contribution in [0, 0.1) is 0 Å². The molecule has 6 nitrogen and oxygen atoms in total. The summed E-state index contributed by atoms with van der Waals surface area (Å²) in [6.07, 6.45) is 1.80. The maximum absolute atomic E-state index is 11.2. The molecule has 0 radical (unpaired) electrons. The van der Waals surface area contributed by atoms with Gasteiger partial charge < -0.3 is 16.2 Å². The number of benzene rings is 1. The zero-order chi connectivity index (χ0) is 15.7. The number of aliphatic hydroxyl groups excluding tert-OH is 1. The van der Waals surface area contributed by atoms with Crippen molar-refractivity contribution in [1.29, 1.82) is 0 Å². The van der Waals surface area contributed by atoms with Gasteiger partial charge in [0, 0.05) is 29.9 Å². The third-order valence-corrected chi connectivity index (χ3v) is 3.39. The number of nitrogens with two attached hydrogens (primary N) is 1. The van der Waals surface area contributed by atoms with Crippen molar-refractivity contribution >= 4 is 23.1 Å². The number of nitrogens with zero attached hydrogens (tertiary/aromatic N) is 2. The summed E-state index contributed by atoms with van der Waals surface area (Å²) in [6.45, 7) is 1.35. The predicted octanol–water partition coefficient (Wildman–Crippen LogP) is 2.03. The SMILES string of the molecule is CC(=O)Nc1cccc(-c2nc3c(CO)cccn3c2N)c1. The Bertz CT molecular complexity index is 854. The van der Waals surface area contributed by atoms with E-state index in [0.717, 1.165) is 5.56 Å². The fourth-order valence-corrected chi connectivity index (χ4v) is 2.43. The number of hydrogen-bond acceptors (Lipinski definition) is 4. The van der Waals surface area contributed by atoms with E-state index in [4.69, 9.17) is 5.73 Å². The van der Waals surface area contributed by atoms with Crippen molar-refractivity contribution < 1.29 is 9.90 Å². The molecule has 22 heavy (non-hydrogen) atoms. The van der Waals surface area contributed by atoms with Gasteiger partial charge in [0.25, 0.3) is 0 Å². The second kappa shape index (κ2) is 5.50. The van der Waals surface area contributed by atoms with Crippen LogP contribution in [0.1, 0.15) is 12.5 Å². The van der Waals surface area contributed by atoms with Gasteiger partial charge in [-0.15, -0.1) is 0 Å². The molecule has 0 bridgehead atoms. The Hall–Kier alpha value is -2.86. The summed E-state index contributed by atoms with van der Waals surface area (Å²) >= 11 is 0. The summed E-state index contributed by atoms with van der Waals surface area (Å²) in [5.41, 5.74) is 9.62. The van der Waals surface area contributed by atoms with E-state index in [0.29, 0.717) is 28.4 Å². The molecule has 1 aromatic carbocycles. The lowest BCUT2D eigenvalue weighted by Crippen LogP contribution is -2.05. The Morgan fingerprint density at radius 1 is 1.36 bits per heavy atom. The molecule has 3 rings (SSSR count). The molecule has 0 atom stereocenters. The van der Waals surface area contributed by atoms with E-state index in [1.807, 2.05) is 24.3 Å². The monoisotopic (exact) mass is 296 g/mol. The lowest BCUT2D eigenvalue weighted by Gasteiger charge is -2.04. The first-order chi connectivity index (χ1) is 10.6. The first-order valence-electron chi connectivity index (χ1n) is 6.84. The van der Waals surface area contributed by atoms with Gasteiger partial charge in [0.2, 0.25) is 5.91 Å². The van der Waals surface area contributed by atoms with E-state index in [1.54, 1.807) is 22.7 Å². The summed E-state index contributed by atoms with van der Waals surface area (Å²) in [4.78, 5) is 15.7. The average molecular weight is 296 g/mol. The number of carbonyl (C=O) groups is 1. The first kappa shape index (κ1) is 14.1. The number of imidazole rings is 1. The van der Waals surface area contributed by atoms with Gasteiger partial charge in [0.1, 0.15) is 17.2 Å². The number of rotatable bonds is 3. The van der Waals surface area contributed by atoms with Crippen molar-refractivity contribution in [2.75, 3.05) is 11.1 Å². The Kier molecular flexibility index (Phi) is 3.52. The molecule has 0 saturated heterocycles. The van der Waals surface area contributed by atoms with Gasteiger partial charge in [-0.25, -0.2) is 4.98 Å². The van der Waals surface area contributed by atoms with Crippen molar-refractivity contribution in [1.82, 2.24) is 9.38 Å². The van der Waals surface area contributed by atoms with Crippen molar-refractivity contribution in [3.63, 3.8) is 0 Å². The van der Waals surface area contributed by atoms with Crippen LogP contribution in [0.5, 0.6) is 0 Å². The Balaban J connectivity index is 2.14. The second-order valence-corrected chi connectivity index (χ2v) is 4.99. The molecule has 4 N–H and O–H groups in total. The largest absolute Gasteiger partial charge is 0.392 e. The highest BCUT2D eigenvalue weighted by molar-refractivity contribution is 5.90. The number of fused-ring (bicyclic) bond motifs is 1. The molecule has 1 amide bonds. The van der Waals surface area contributed by atoms with E-state index >= 15 is 0 Å². The van der Waals surface area contributed by atoms with Gasteiger partial charge in [-0.05, 0) is 18.2 Å². The summed E-state index contributed by atoms with van der Waals surface area (Å²) in [5.74, 6) is 0.355. The number of aliphatic hydroxyl groups is 1. The van der Waals surface area contributed by atoms with Crippen LogP contribution in [0.4, 0.5) is 11.5 Å². The number of amides is 1. The van der Waals surface area contributed by atoms with E-state index in [-0.39, 0.29) is 12.5 Å². The van der Waals surface area contributed by atoms with E-state index in [9.17, 15) is 9.90 Å². The van der Waals surface area contributed by atoms with E-state index in [1.165, 1.54) is 6.92 Å². The summed E-state index contributed by atoms with van der Waals surface area (Å²) in [5, 5.41) is 12.1. The van der Waals surface area contributed by atoms with Gasteiger partial charge in [0.15, 0.2) is 0 Å². The normalized spacial score (nSPS) is 10.8. The molecule has 2 aromatic heterocycles.